The molecule has 2 atom stereocenters. The molecule has 0 aromatic heterocycles. The molecule has 1 heterocycles. The third-order valence-corrected chi connectivity index (χ3v) is 5.03. The summed E-state index contributed by atoms with van der Waals surface area (Å²) in [6, 6.07) is 5.75. The van der Waals surface area contributed by atoms with Gasteiger partial charge < -0.3 is 10.0 Å². The lowest BCUT2D eigenvalue weighted by Crippen LogP contribution is -2.32. The van der Waals surface area contributed by atoms with Crippen molar-refractivity contribution in [2.75, 3.05) is 0 Å². The van der Waals surface area contributed by atoms with Gasteiger partial charge in [-0.3, -0.25) is 9.59 Å². The molecule has 1 saturated carbocycles. The van der Waals surface area contributed by atoms with Crippen LogP contribution in [-0.2, 0) is 9.59 Å². The molecule has 4 nitrogen and oxygen atoms in total. The molecule has 106 valence electrons. The van der Waals surface area contributed by atoms with Crippen molar-refractivity contribution in [3.05, 3.63) is 33.8 Å². The van der Waals surface area contributed by atoms with E-state index in [2.05, 4.69) is 15.9 Å². The van der Waals surface area contributed by atoms with E-state index in [0.717, 1.165) is 28.4 Å². The zero-order chi connectivity index (χ0) is 14.4. The summed E-state index contributed by atoms with van der Waals surface area (Å²) in [4.78, 5) is 25.4. The van der Waals surface area contributed by atoms with Crippen molar-refractivity contribution in [2.45, 2.75) is 38.3 Å². The molecule has 0 spiro atoms. The third kappa shape index (κ3) is 2.24. The summed E-state index contributed by atoms with van der Waals surface area (Å²) in [7, 11) is 0. The lowest BCUT2D eigenvalue weighted by atomic mass is 9.93. The number of hydrogen-bond acceptors (Lipinski definition) is 2. The maximum atomic E-state index is 12.2. The molecule has 2 fully saturated rings. The Morgan fingerprint density at radius 1 is 1.40 bits per heavy atom. The molecule has 2 aliphatic rings. The number of carbonyl (C=O) groups excluding carboxylic acids is 1. The van der Waals surface area contributed by atoms with Crippen molar-refractivity contribution < 1.29 is 14.7 Å². The third-order valence-electron chi connectivity index (χ3n) is 4.14. The Morgan fingerprint density at radius 3 is 2.65 bits per heavy atom. The minimum atomic E-state index is -0.882. The predicted octanol–water partition coefficient (Wildman–Crippen LogP) is 2.89. The fourth-order valence-corrected chi connectivity index (χ4v) is 3.25. The van der Waals surface area contributed by atoms with Crippen molar-refractivity contribution in [2.24, 2.45) is 5.92 Å². The number of aryl methyl sites for hydroxylation is 1. The number of benzene rings is 1. The van der Waals surface area contributed by atoms with Gasteiger partial charge in [-0.1, -0.05) is 28.1 Å². The Kier molecular flexibility index (Phi) is 3.32. The highest BCUT2D eigenvalue weighted by molar-refractivity contribution is 9.10. The van der Waals surface area contributed by atoms with Crippen molar-refractivity contribution in [3.8, 4) is 0 Å². The van der Waals surface area contributed by atoms with Gasteiger partial charge in [0.25, 0.3) is 0 Å². The Balaban J connectivity index is 2.02. The number of carbonyl (C=O) groups is 2. The summed E-state index contributed by atoms with van der Waals surface area (Å²) in [6.45, 7) is 1.97. The summed E-state index contributed by atoms with van der Waals surface area (Å²) < 4.78 is 0.996. The Morgan fingerprint density at radius 2 is 2.10 bits per heavy atom. The van der Waals surface area contributed by atoms with E-state index in [-0.39, 0.29) is 24.4 Å². The average Bonchev–Trinajstić information content (AvgIpc) is 3.16. The summed E-state index contributed by atoms with van der Waals surface area (Å²) in [5.74, 6) is -1.54. The number of rotatable bonds is 3. The van der Waals surface area contributed by atoms with E-state index < -0.39 is 11.9 Å². The molecule has 1 N–H and O–H groups in total. The zero-order valence-corrected chi connectivity index (χ0v) is 12.8. The van der Waals surface area contributed by atoms with E-state index >= 15 is 0 Å². The van der Waals surface area contributed by atoms with E-state index in [4.69, 9.17) is 0 Å². The zero-order valence-electron chi connectivity index (χ0n) is 11.2. The van der Waals surface area contributed by atoms with Crippen LogP contribution in [0.5, 0.6) is 0 Å². The number of aliphatic carboxylic acids is 1. The largest absolute Gasteiger partial charge is 0.481 e. The van der Waals surface area contributed by atoms with Crippen LogP contribution in [0.2, 0.25) is 0 Å². The van der Waals surface area contributed by atoms with Gasteiger partial charge in [-0.05, 0) is 37.0 Å². The Labute approximate surface area is 125 Å². The minimum absolute atomic E-state index is 0.0227. The summed E-state index contributed by atoms with van der Waals surface area (Å²) >= 11 is 3.45. The second-order valence-corrected chi connectivity index (χ2v) is 6.49. The normalized spacial score (nSPS) is 26.1. The van der Waals surface area contributed by atoms with Gasteiger partial charge in [-0.15, -0.1) is 0 Å². The van der Waals surface area contributed by atoms with Crippen LogP contribution in [0.4, 0.5) is 0 Å². The number of carboxylic acid groups (broad SMARTS) is 1. The monoisotopic (exact) mass is 337 g/mol. The average molecular weight is 338 g/mol. The minimum Gasteiger partial charge on any atom is -0.481 e. The lowest BCUT2D eigenvalue weighted by Gasteiger charge is -2.27. The highest BCUT2D eigenvalue weighted by atomic mass is 79.9. The highest BCUT2D eigenvalue weighted by Gasteiger charge is 2.49. The molecule has 0 radical (unpaired) electrons. The molecular formula is C15H16BrNO3. The number of nitrogens with zero attached hydrogens (tertiary/aromatic N) is 1. The van der Waals surface area contributed by atoms with Gasteiger partial charge in [0.05, 0.1) is 12.0 Å². The molecule has 1 saturated heterocycles. The van der Waals surface area contributed by atoms with Crippen LogP contribution in [0.15, 0.2) is 22.7 Å². The fourth-order valence-electron chi connectivity index (χ4n) is 3.00. The first-order valence-electron chi connectivity index (χ1n) is 6.79. The summed E-state index contributed by atoms with van der Waals surface area (Å²) in [5.41, 5.74) is 1.98. The molecule has 1 aromatic carbocycles. The van der Waals surface area contributed by atoms with E-state index in [1.807, 2.05) is 30.0 Å². The number of carboxylic acids is 1. The van der Waals surface area contributed by atoms with Gasteiger partial charge in [0, 0.05) is 16.9 Å². The van der Waals surface area contributed by atoms with Crippen molar-refractivity contribution >= 4 is 27.8 Å². The van der Waals surface area contributed by atoms with Gasteiger partial charge in [0.1, 0.15) is 0 Å². The lowest BCUT2D eigenvalue weighted by molar-refractivity contribution is -0.142. The smallest absolute Gasteiger partial charge is 0.309 e. The van der Waals surface area contributed by atoms with E-state index in [1.54, 1.807) is 0 Å². The van der Waals surface area contributed by atoms with Crippen molar-refractivity contribution in [1.29, 1.82) is 0 Å². The standard InChI is InChI=1S/C15H16BrNO3/c1-8-6-9(2-5-12(8)16)14-11(15(19)20)7-13(18)17(14)10-3-4-10/h2,5-6,10-11,14H,3-4,7H2,1H3,(H,19,20). The molecule has 2 unspecified atom stereocenters. The van der Waals surface area contributed by atoms with Crippen LogP contribution in [0, 0.1) is 12.8 Å². The maximum Gasteiger partial charge on any atom is 0.309 e. The molecule has 20 heavy (non-hydrogen) atoms. The van der Waals surface area contributed by atoms with E-state index in [0.29, 0.717) is 0 Å². The summed E-state index contributed by atoms with van der Waals surface area (Å²) in [5, 5.41) is 9.42. The number of halogens is 1. The Bertz CT molecular complexity index is 582. The van der Waals surface area contributed by atoms with E-state index in [9.17, 15) is 14.7 Å². The first-order chi connectivity index (χ1) is 9.49. The van der Waals surface area contributed by atoms with Gasteiger partial charge in [0.15, 0.2) is 0 Å². The molecule has 0 bridgehead atoms. The van der Waals surface area contributed by atoms with Crippen LogP contribution in [0.25, 0.3) is 0 Å². The summed E-state index contributed by atoms with van der Waals surface area (Å²) in [6.07, 6.45) is 2.10. The molecule has 1 amide bonds. The first-order valence-corrected chi connectivity index (χ1v) is 7.58. The van der Waals surface area contributed by atoms with E-state index in [1.165, 1.54) is 0 Å². The van der Waals surface area contributed by atoms with Crippen LogP contribution in [0.3, 0.4) is 0 Å². The van der Waals surface area contributed by atoms with Gasteiger partial charge in [-0.2, -0.15) is 0 Å². The van der Waals surface area contributed by atoms with Crippen LogP contribution >= 0.6 is 15.9 Å². The quantitative estimate of drug-likeness (QED) is 0.922. The predicted molar refractivity (Wildman–Crippen MR) is 77.2 cm³/mol. The molecule has 3 rings (SSSR count). The fraction of sp³-hybridized carbons (Fsp3) is 0.467. The van der Waals surface area contributed by atoms with Gasteiger partial charge in [-0.25, -0.2) is 0 Å². The van der Waals surface area contributed by atoms with Gasteiger partial charge in [0.2, 0.25) is 5.91 Å². The topological polar surface area (TPSA) is 57.6 Å². The molecule has 1 aromatic rings. The number of amides is 1. The van der Waals surface area contributed by atoms with Crippen molar-refractivity contribution in [3.63, 3.8) is 0 Å². The second-order valence-electron chi connectivity index (χ2n) is 5.63. The number of likely N-dealkylation sites (tertiary alicyclic amines) is 1. The maximum absolute atomic E-state index is 12.2. The Hall–Kier alpha value is -1.36. The first kappa shape index (κ1) is 13.6. The molecule has 1 aliphatic heterocycles. The second kappa shape index (κ2) is 4.88. The molecular weight excluding hydrogens is 322 g/mol. The van der Waals surface area contributed by atoms with Crippen LogP contribution in [-0.4, -0.2) is 27.9 Å². The van der Waals surface area contributed by atoms with Crippen molar-refractivity contribution in [1.82, 2.24) is 4.90 Å². The van der Waals surface area contributed by atoms with Crippen LogP contribution < -0.4 is 0 Å². The number of hydrogen-bond donors (Lipinski definition) is 1. The highest BCUT2D eigenvalue weighted by Crippen LogP contribution is 2.45. The van der Waals surface area contributed by atoms with Crippen LogP contribution in [0.1, 0.15) is 36.4 Å². The SMILES string of the molecule is Cc1cc(C2C(C(=O)O)CC(=O)N2C2CC2)ccc1Br. The van der Waals surface area contributed by atoms with Gasteiger partial charge >= 0.3 is 5.97 Å². The molecule has 1 aliphatic carbocycles. The molecule has 5 heteroatoms.